The van der Waals surface area contributed by atoms with E-state index in [9.17, 15) is 9.50 Å². The molecule has 4 atom stereocenters. The fourth-order valence-electron chi connectivity index (χ4n) is 4.95. The summed E-state index contributed by atoms with van der Waals surface area (Å²) in [6.45, 7) is 4.30. The van der Waals surface area contributed by atoms with Crippen molar-refractivity contribution in [2.45, 2.75) is 38.0 Å². The van der Waals surface area contributed by atoms with Gasteiger partial charge in [-0.1, -0.05) is 86.6 Å². The first-order chi connectivity index (χ1) is 14.0. The Hall–Kier alpha value is -2.49. The van der Waals surface area contributed by atoms with E-state index in [1.54, 1.807) is 12.1 Å². The van der Waals surface area contributed by atoms with Crippen LogP contribution in [0, 0.1) is 17.7 Å². The van der Waals surface area contributed by atoms with Crippen LogP contribution in [0.15, 0.2) is 84.9 Å². The lowest BCUT2D eigenvalue weighted by Crippen LogP contribution is -2.53. The molecule has 1 heterocycles. The van der Waals surface area contributed by atoms with Crippen LogP contribution in [0.3, 0.4) is 0 Å². The van der Waals surface area contributed by atoms with Crippen LogP contribution < -0.4 is 5.32 Å². The third-order valence-corrected chi connectivity index (χ3v) is 6.23. The Morgan fingerprint density at radius 3 is 1.97 bits per heavy atom. The molecule has 29 heavy (non-hydrogen) atoms. The van der Waals surface area contributed by atoms with Crippen molar-refractivity contribution in [1.82, 2.24) is 5.32 Å². The molecule has 3 aromatic carbocycles. The highest BCUT2D eigenvalue weighted by atomic mass is 19.1. The lowest BCUT2D eigenvalue weighted by molar-refractivity contribution is -0.0992. The fraction of sp³-hybridized carbons (Fsp3) is 0.308. The molecule has 0 bridgehead atoms. The van der Waals surface area contributed by atoms with E-state index < -0.39 is 5.60 Å². The van der Waals surface area contributed by atoms with Gasteiger partial charge in [-0.15, -0.1) is 0 Å². The zero-order valence-corrected chi connectivity index (χ0v) is 16.9. The van der Waals surface area contributed by atoms with Crippen molar-refractivity contribution < 1.29 is 9.50 Å². The summed E-state index contributed by atoms with van der Waals surface area (Å²) in [4.78, 5) is 0. The Balaban J connectivity index is 1.84. The van der Waals surface area contributed by atoms with Gasteiger partial charge in [-0.3, -0.25) is 0 Å². The Bertz CT molecular complexity index is 926. The molecular weight excluding hydrogens is 361 g/mol. The standard InChI is InChI=1S/C26H28FNO/c1-18(2)24-25(20-11-7-4-8-12-20)28-23(19-9-5-3-6-10-19)17-26(24,29)21-13-15-22(27)16-14-21/h3-16,18,23-25,28-29H,17H2,1-2H3/t23-,24+,25+,26-/m0/s1. The van der Waals surface area contributed by atoms with Crippen molar-refractivity contribution in [2.24, 2.45) is 11.8 Å². The molecule has 2 nitrogen and oxygen atoms in total. The lowest BCUT2D eigenvalue weighted by Gasteiger charge is -2.51. The number of hydrogen-bond donors (Lipinski definition) is 2. The fourth-order valence-corrected chi connectivity index (χ4v) is 4.95. The Kier molecular flexibility index (Phi) is 5.53. The minimum atomic E-state index is -1.08. The molecule has 0 amide bonds. The smallest absolute Gasteiger partial charge is 0.123 e. The molecule has 0 aliphatic carbocycles. The number of benzene rings is 3. The zero-order valence-electron chi connectivity index (χ0n) is 16.9. The summed E-state index contributed by atoms with van der Waals surface area (Å²) in [5.41, 5.74) is 2.01. The van der Waals surface area contributed by atoms with E-state index in [-0.39, 0.29) is 29.7 Å². The van der Waals surface area contributed by atoms with Gasteiger partial charge in [0, 0.05) is 24.4 Å². The van der Waals surface area contributed by atoms with Crippen LogP contribution in [0.2, 0.25) is 0 Å². The second kappa shape index (κ2) is 8.10. The van der Waals surface area contributed by atoms with E-state index in [1.165, 1.54) is 12.1 Å². The Labute approximate surface area is 172 Å². The summed E-state index contributed by atoms with van der Waals surface area (Å²) < 4.78 is 13.6. The number of hydrogen-bond acceptors (Lipinski definition) is 2. The van der Waals surface area contributed by atoms with Gasteiger partial charge in [-0.05, 0) is 34.7 Å². The molecular formula is C26H28FNO. The van der Waals surface area contributed by atoms with Crippen LogP contribution in [0.1, 0.15) is 49.0 Å². The van der Waals surface area contributed by atoms with Crippen LogP contribution in [-0.4, -0.2) is 5.11 Å². The molecule has 1 aliphatic heterocycles. The lowest BCUT2D eigenvalue weighted by atomic mass is 9.64. The van der Waals surface area contributed by atoms with Crippen molar-refractivity contribution in [2.75, 3.05) is 0 Å². The van der Waals surface area contributed by atoms with Gasteiger partial charge in [0.05, 0.1) is 5.60 Å². The van der Waals surface area contributed by atoms with Gasteiger partial charge in [-0.2, -0.15) is 0 Å². The summed E-state index contributed by atoms with van der Waals surface area (Å²) in [5.74, 6) is -0.124. The zero-order chi connectivity index (χ0) is 20.4. The molecule has 0 aromatic heterocycles. The number of rotatable bonds is 4. The first-order valence-corrected chi connectivity index (χ1v) is 10.3. The average molecular weight is 390 g/mol. The molecule has 4 rings (SSSR count). The van der Waals surface area contributed by atoms with Crippen molar-refractivity contribution in [3.63, 3.8) is 0 Å². The van der Waals surface area contributed by atoms with Crippen molar-refractivity contribution >= 4 is 0 Å². The maximum Gasteiger partial charge on any atom is 0.123 e. The number of aliphatic hydroxyl groups is 1. The van der Waals surface area contributed by atoms with Crippen LogP contribution in [0.5, 0.6) is 0 Å². The third-order valence-electron chi connectivity index (χ3n) is 6.23. The van der Waals surface area contributed by atoms with Crippen molar-refractivity contribution in [3.8, 4) is 0 Å². The van der Waals surface area contributed by atoms with Gasteiger partial charge in [0.25, 0.3) is 0 Å². The second-order valence-electron chi connectivity index (χ2n) is 8.42. The molecule has 1 saturated heterocycles. The van der Waals surface area contributed by atoms with Crippen molar-refractivity contribution in [3.05, 3.63) is 107 Å². The molecule has 2 N–H and O–H groups in total. The van der Waals surface area contributed by atoms with E-state index in [0.29, 0.717) is 6.42 Å². The van der Waals surface area contributed by atoms with E-state index >= 15 is 0 Å². The molecule has 3 aromatic rings. The molecule has 0 spiro atoms. The number of halogens is 1. The molecule has 1 aliphatic rings. The minimum Gasteiger partial charge on any atom is -0.385 e. The van der Waals surface area contributed by atoms with Gasteiger partial charge in [0.1, 0.15) is 5.82 Å². The molecule has 150 valence electrons. The summed E-state index contributed by atoms with van der Waals surface area (Å²) in [7, 11) is 0. The predicted molar refractivity (Wildman–Crippen MR) is 115 cm³/mol. The number of nitrogens with one attached hydrogen (secondary N) is 1. The SMILES string of the molecule is CC(C)[C@@H]1[C@@H](c2ccccc2)N[C@H](c2ccccc2)C[C@]1(O)c1ccc(F)cc1. The molecule has 0 saturated carbocycles. The molecule has 0 unspecified atom stereocenters. The van der Waals surface area contributed by atoms with Crippen LogP contribution >= 0.6 is 0 Å². The predicted octanol–water partition coefficient (Wildman–Crippen LogP) is 5.76. The van der Waals surface area contributed by atoms with E-state index in [0.717, 1.165) is 16.7 Å². The topological polar surface area (TPSA) is 32.3 Å². The highest BCUT2D eigenvalue weighted by molar-refractivity contribution is 5.32. The Morgan fingerprint density at radius 2 is 1.41 bits per heavy atom. The van der Waals surface area contributed by atoms with Gasteiger partial charge < -0.3 is 10.4 Å². The van der Waals surface area contributed by atoms with Gasteiger partial charge >= 0.3 is 0 Å². The van der Waals surface area contributed by atoms with Crippen LogP contribution in [-0.2, 0) is 5.60 Å². The highest BCUT2D eigenvalue weighted by Gasteiger charge is 2.50. The first-order valence-electron chi connectivity index (χ1n) is 10.3. The Morgan fingerprint density at radius 1 is 0.862 bits per heavy atom. The van der Waals surface area contributed by atoms with Crippen LogP contribution in [0.25, 0.3) is 0 Å². The van der Waals surface area contributed by atoms with Gasteiger partial charge in [0.2, 0.25) is 0 Å². The van der Waals surface area contributed by atoms with Gasteiger partial charge in [-0.25, -0.2) is 4.39 Å². The summed E-state index contributed by atoms with van der Waals surface area (Å²) in [6, 6.07) is 26.9. The largest absolute Gasteiger partial charge is 0.385 e. The summed E-state index contributed by atoms with van der Waals surface area (Å²) in [5, 5.41) is 16.0. The average Bonchev–Trinajstić information content (AvgIpc) is 2.74. The maximum atomic E-state index is 13.6. The molecule has 0 radical (unpaired) electrons. The summed E-state index contributed by atoms with van der Waals surface area (Å²) >= 11 is 0. The van der Waals surface area contributed by atoms with Gasteiger partial charge in [0.15, 0.2) is 0 Å². The second-order valence-corrected chi connectivity index (χ2v) is 8.42. The van der Waals surface area contributed by atoms with Crippen molar-refractivity contribution in [1.29, 1.82) is 0 Å². The third kappa shape index (κ3) is 3.85. The first kappa shape index (κ1) is 19.8. The van der Waals surface area contributed by atoms with E-state index in [4.69, 9.17) is 0 Å². The quantitative estimate of drug-likeness (QED) is 0.594. The monoisotopic (exact) mass is 389 g/mol. The number of piperidine rings is 1. The summed E-state index contributed by atoms with van der Waals surface area (Å²) in [6.07, 6.45) is 0.537. The molecule has 1 fully saturated rings. The normalized spacial score (nSPS) is 27.1. The highest BCUT2D eigenvalue weighted by Crippen LogP contribution is 2.51. The van der Waals surface area contributed by atoms with E-state index in [1.807, 2.05) is 36.4 Å². The minimum absolute atomic E-state index is 0.00791. The maximum absolute atomic E-state index is 13.6. The van der Waals surface area contributed by atoms with Crippen LogP contribution in [0.4, 0.5) is 4.39 Å². The van der Waals surface area contributed by atoms with E-state index in [2.05, 4.69) is 43.4 Å². The molecule has 3 heteroatoms.